The van der Waals surface area contributed by atoms with E-state index in [4.69, 9.17) is 21.1 Å². The van der Waals surface area contributed by atoms with Gasteiger partial charge in [0.1, 0.15) is 5.82 Å². The van der Waals surface area contributed by atoms with Crippen molar-refractivity contribution in [2.24, 2.45) is 0 Å². The van der Waals surface area contributed by atoms with E-state index < -0.39 is 17.7 Å². The van der Waals surface area contributed by atoms with Crippen LogP contribution in [0.25, 0.3) is 33.5 Å². The van der Waals surface area contributed by atoms with Gasteiger partial charge in [-0.25, -0.2) is 14.2 Å². The molecule has 0 spiro atoms. The molecule has 0 bridgehead atoms. The molecule has 10 heteroatoms. The Kier molecular flexibility index (Phi) is 7.08. The normalized spacial score (nSPS) is 13.0. The molecule has 4 aromatic rings. The molecular weight excluding hydrogens is 525 g/mol. The number of nitrogens with one attached hydrogen (secondary N) is 2. The number of aromatic amines is 1. The lowest BCUT2D eigenvalue weighted by Gasteiger charge is -2.16. The Hall–Kier alpha value is -4.63. The first-order valence-electron chi connectivity index (χ1n) is 11.9. The highest BCUT2D eigenvalue weighted by Gasteiger charge is 2.22. The van der Waals surface area contributed by atoms with Crippen molar-refractivity contribution in [3.05, 3.63) is 94.1 Å². The monoisotopic (exact) mass is 547 g/mol. The van der Waals surface area contributed by atoms with Crippen LogP contribution in [0.4, 0.5) is 4.39 Å². The summed E-state index contributed by atoms with van der Waals surface area (Å²) in [6.45, 7) is 0. The fourth-order valence-corrected chi connectivity index (χ4v) is 4.76. The van der Waals surface area contributed by atoms with Crippen LogP contribution in [0, 0.1) is 5.82 Å². The number of carbonyl (C=O) groups is 2. The number of fused-ring (bicyclic) bond motifs is 1. The number of aromatic carboxylic acids is 1. The number of H-pyrrole nitrogens is 1. The second-order valence-corrected chi connectivity index (χ2v) is 9.21. The Balaban J connectivity index is 1.56. The minimum Gasteiger partial charge on any atom is -0.501 e. The number of allylic oxidation sites excluding steroid dienone is 4. The number of carboxylic acid groups (broad SMARTS) is 1. The second-order valence-electron chi connectivity index (χ2n) is 8.80. The summed E-state index contributed by atoms with van der Waals surface area (Å²) in [7, 11) is 2.96. The molecule has 5 rings (SSSR count). The lowest BCUT2D eigenvalue weighted by atomic mass is 9.93. The van der Waals surface area contributed by atoms with Gasteiger partial charge in [-0.15, -0.1) is 0 Å². The van der Waals surface area contributed by atoms with Crippen molar-refractivity contribution in [3.63, 3.8) is 0 Å². The van der Waals surface area contributed by atoms with Gasteiger partial charge >= 0.3 is 5.97 Å². The zero-order valence-electron chi connectivity index (χ0n) is 21.0. The minimum atomic E-state index is -1.23. The molecule has 1 aromatic heterocycles. The van der Waals surface area contributed by atoms with E-state index in [0.717, 1.165) is 5.76 Å². The number of nitrogens with zero attached hydrogens (tertiary/aromatic N) is 1. The highest BCUT2D eigenvalue weighted by molar-refractivity contribution is 6.34. The van der Waals surface area contributed by atoms with E-state index in [1.807, 2.05) is 0 Å². The van der Waals surface area contributed by atoms with Crippen LogP contribution in [0.5, 0.6) is 5.75 Å². The summed E-state index contributed by atoms with van der Waals surface area (Å²) in [6, 6.07) is 12.2. The lowest BCUT2D eigenvalue weighted by Crippen LogP contribution is -2.24. The fourth-order valence-electron chi connectivity index (χ4n) is 4.48. The quantitative estimate of drug-likeness (QED) is 0.249. The third-order valence-corrected chi connectivity index (χ3v) is 6.77. The van der Waals surface area contributed by atoms with Gasteiger partial charge in [0, 0.05) is 46.0 Å². The van der Waals surface area contributed by atoms with Crippen LogP contribution in [0.15, 0.2) is 72.1 Å². The summed E-state index contributed by atoms with van der Waals surface area (Å²) in [4.78, 5) is 32.9. The number of rotatable bonds is 7. The number of ether oxygens (including phenoxy) is 2. The second kappa shape index (κ2) is 10.6. The summed E-state index contributed by atoms with van der Waals surface area (Å²) in [5.74, 6) is -0.986. The number of carboxylic acids is 1. The Morgan fingerprint density at radius 1 is 1.05 bits per heavy atom. The first-order valence-corrected chi connectivity index (χ1v) is 12.3. The SMILES string of the molecule is COC1=CC=C(NC(=O)c2ccc(-c3c(Cl)cccc3-c3nc4cc(OC)c(F)cc4[nH]3)c(C(=O)O)c2)CC1. The van der Waals surface area contributed by atoms with Crippen LogP contribution < -0.4 is 10.1 Å². The number of carbonyl (C=O) groups excluding carboxylic acids is 1. The van der Waals surface area contributed by atoms with E-state index in [2.05, 4.69) is 15.3 Å². The third kappa shape index (κ3) is 5.08. The molecule has 1 heterocycles. The maximum Gasteiger partial charge on any atom is 0.336 e. The summed E-state index contributed by atoms with van der Waals surface area (Å²) in [6.07, 6.45) is 4.79. The van der Waals surface area contributed by atoms with E-state index in [9.17, 15) is 19.1 Å². The largest absolute Gasteiger partial charge is 0.501 e. The van der Waals surface area contributed by atoms with Crippen LogP contribution in [-0.4, -0.2) is 41.2 Å². The molecule has 0 saturated heterocycles. The van der Waals surface area contributed by atoms with Gasteiger partial charge in [-0.2, -0.15) is 0 Å². The van der Waals surface area contributed by atoms with E-state index >= 15 is 0 Å². The summed E-state index contributed by atoms with van der Waals surface area (Å²) in [5, 5.41) is 13.2. The Bertz CT molecular complexity index is 1690. The van der Waals surface area contributed by atoms with Gasteiger partial charge in [0.05, 0.1) is 36.6 Å². The zero-order valence-corrected chi connectivity index (χ0v) is 21.7. The van der Waals surface area contributed by atoms with Crippen LogP contribution in [0.1, 0.15) is 33.6 Å². The van der Waals surface area contributed by atoms with Crippen molar-refractivity contribution >= 4 is 34.5 Å². The maximum absolute atomic E-state index is 14.3. The van der Waals surface area contributed by atoms with Crippen molar-refractivity contribution < 1.29 is 28.6 Å². The number of benzene rings is 3. The average Bonchev–Trinajstić information content (AvgIpc) is 3.35. The van der Waals surface area contributed by atoms with E-state index in [1.165, 1.54) is 25.3 Å². The standard InChI is InChI=1S/C29H23ClFN3O5/c1-38-17-9-7-16(8-10-17)32-28(35)15-6-11-18(20(12-15)29(36)37)26-19(4-3-5-21(26)30)27-33-23-13-22(31)25(39-2)14-24(23)34-27/h3-7,9,11-14H,8,10H2,1-2H3,(H,32,35)(H,33,34)(H,36,37). The van der Waals surface area contributed by atoms with E-state index in [1.54, 1.807) is 49.6 Å². The predicted molar refractivity (Wildman–Crippen MR) is 145 cm³/mol. The summed E-state index contributed by atoms with van der Waals surface area (Å²) < 4.78 is 24.5. The van der Waals surface area contributed by atoms with Crippen molar-refractivity contribution in [1.29, 1.82) is 0 Å². The van der Waals surface area contributed by atoms with Gasteiger partial charge < -0.3 is 24.9 Å². The van der Waals surface area contributed by atoms with Crippen molar-refractivity contribution in [3.8, 4) is 28.3 Å². The molecule has 198 valence electrons. The molecule has 0 unspecified atom stereocenters. The summed E-state index contributed by atoms with van der Waals surface area (Å²) >= 11 is 6.60. The Morgan fingerprint density at radius 2 is 1.87 bits per heavy atom. The number of halogens is 2. The first-order chi connectivity index (χ1) is 18.8. The third-order valence-electron chi connectivity index (χ3n) is 6.45. The van der Waals surface area contributed by atoms with Gasteiger partial charge in [0.25, 0.3) is 5.91 Å². The van der Waals surface area contributed by atoms with Crippen molar-refractivity contribution in [2.45, 2.75) is 12.8 Å². The maximum atomic E-state index is 14.3. The smallest absolute Gasteiger partial charge is 0.336 e. The van der Waals surface area contributed by atoms with Gasteiger partial charge in [-0.1, -0.05) is 29.8 Å². The highest BCUT2D eigenvalue weighted by Crippen LogP contribution is 2.39. The topological polar surface area (TPSA) is 114 Å². The molecule has 1 aliphatic rings. The average molecular weight is 548 g/mol. The summed E-state index contributed by atoms with van der Waals surface area (Å²) in [5.41, 5.74) is 2.88. The molecule has 0 atom stereocenters. The molecule has 0 saturated carbocycles. The molecule has 0 radical (unpaired) electrons. The minimum absolute atomic E-state index is 0.0491. The number of aromatic nitrogens is 2. The number of hydrogen-bond acceptors (Lipinski definition) is 5. The molecule has 0 fully saturated rings. The molecule has 0 aliphatic heterocycles. The van der Waals surface area contributed by atoms with Crippen LogP contribution >= 0.6 is 11.6 Å². The molecule has 1 amide bonds. The fraction of sp³-hybridized carbons (Fsp3) is 0.138. The molecule has 3 N–H and O–H groups in total. The molecule has 1 aliphatic carbocycles. The molecule has 8 nitrogen and oxygen atoms in total. The van der Waals surface area contributed by atoms with Crippen LogP contribution in [0.3, 0.4) is 0 Å². The number of methoxy groups -OCH3 is 2. The predicted octanol–water partition coefficient (Wildman–Crippen LogP) is 6.33. The number of amides is 1. The van der Waals surface area contributed by atoms with Crippen LogP contribution in [0.2, 0.25) is 5.02 Å². The van der Waals surface area contributed by atoms with Crippen molar-refractivity contribution in [2.75, 3.05) is 14.2 Å². The molecule has 39 heavy (non-hydrogen) atoms. The van der Waals surface area contributed by atoms with Gasteiger partial charge in [-0.3, -0.25) is 4.79 Å². The Labute approximate surface area is 227 Å². The highest BCUT2D eigenvalue weighted by atomic mass is 35.5. The lowest BCUT2D eigenvalue weighted by molar-refractivity contribution is 0.0697. The zero-order chi connectivity index (χ0) is 27.7. The van der Waals surface area contributed by atoms with E-state index in [-0.39, 0.29) is 21.9 Å². The van der Waals surface area contributed by atoms with Crippen molar-refractivity contribution in [1.82, 2.24) is 15.3 Å². The van der Waals surface area contributed by atoms with Gasteiger partial charge in [0.15, 0.2) is 11.6 Å². The van der Waals surface area contributed by atoms with E-state index in [0.29, 0.717) is 52.1 Å². The Morgan fingerprint density at radius 3 is 2.56 bits per heavy atom. The first kappa shape index (κ1) is 26.0. The van der Waals surface area contributed by atoms with Gasteiger partial charge in [0.2, 0.25) is 0 Å². The van der Waals surface area contributed by atoms with Gasteiger partial charge in [-0.05, 0) is 42.3 Å². The number of imidazole rings is 1. The number of hydrogen-bond donors (Lipinski definition) is 3. The molecular formula is C29H23ClFN3O5. The van der Waals surface area contributed by atoms with Crippen LogP contribution in [-0.2, 0) is 4.74 Å². The molecule has 3 aromatic carbocycles.